The Balaban J connectivity index is 1.52. The maximum Gasteiger partial charge on any atom is 0.277 e. The highest BCUT2D eigenvalue weighted by Crippen LogP contribution is 2.26. The molecular weight excluding hydrogens is 346 g/mol. The molecule has 26 heavy (non-hydrogen) atoms. The van der Waals surface area contributed by atoms with Crippen molar-refractivity contribution in [3.05, 3.63) is 77.2 Å². The number of hydrazone groups is 1. The Morgan fingerprint density at radius 2 is 1.88 bits per heavy atom. The van der Waals surface area contributed by atoms with E-state index < -0.39 is 5.91 Å². The molecule has 0 bridgehead atoms. The first-order chi connectivity index (χ1) is 12.8. The molecule has 5 nitrogen and oxygen atoms in total. The monoisotopic (exact) mass is 361 g/mol. The molecule has 0 aliphatic rings. The van der Waals surface area contributed by atoms with Crippen LogP contribution in [0.2, 0.25) is 0 Å². The number of amides is 1. The number of hydrogen-bond acceptors (Lipinski definition) is 5. The molecule has 6 heteroatoms. The van der Waals surface area contributed by atoms with Crippen LogP contribution in [0.25, 0.3) is 10.4 Å². The highest BCUT2D eigenvalue weighted by molar-refractivity contribution is 7.17. The number of para-hydroxylation sites is 1. The Labute approximate surface area is 155 Å². The number of benzene rings is 2. The minimum Gasteiger partial charge on any atom is -0.482 e. The minimum atomic E-state index is -0.395. The molecule has 0 fully saturated rings. The lowest BCUT2D eigenvalue weighted by molar-refractivity contribution is -0.123. The molecule has 1 heterocycles. The summed E-state index contributed by atoms with van der Waals surface area (Å²) in [6, 6.07) is 22.8. The first-order valence-electron chi connectivity index (χ1n) is 7.85. The lowest BCUT2D eigenvalue weighted by atomic mass is 10.2. The fourth-order valence-electron chi connectivity index (χ4n) is 2.21. The fourth-order valence-corrected chi connectivity index (χ4v) is 3.09. The van der Waals surface area contributed by atoms with E-state index in [2.05, 4.69) is 10.5 Å². The predicted molar refractivity (Wildman–Crippen MR) is 102 cm³/mol. The second kappa shape index (κ2) is 8.60. The van der Waals surface area contributed by atoms with Crippen LogP contribution in [0.1, 0.15) is 10.4 Å². The number of rotatable bonds is 6. The predicted octanol–water partition coefficient (Wildman–Crippen LogP) is 3.82. The van der Waals surface area contributed by atoms with E-state index in [1.807, 2.05) is 48.5 Å². The SMILES string of the molecule is N#Cc1ccccc1OCC(=O)N/N=C\c1ccc(-c2ccccc2)s1. The molecule has 0 radical (unpaired) electrons. The van der Waals surface area contributed by atoms with E-state index in [-0.39, 0.29) is 6.61 Å². The summed E-state index contributed by atoms with van der Waals surface area (Å²) in [5.74, 6) is -0.0197. The summed E-state index contributed by atoms with van der Waals surface area (Å²) in [5, 5.41) is 12.9. The van der Waals surface area contributed by atoms with Crippen LogP contribution in [0.4, 0.5) is 0 Å². The van der Waals surface area contributed by atoms with Crippen molar-refractivity contribution in [3.63, 3.8) is 0 Å². The van der Waals surface area contributed by atoms with Crippen LogP contribution < -0.4 is 10.2 Å². The van der Waals surface area contributed by atoms with Crippen molar-refractivity contribution in [1.82, 2.24) is 5.43 Å². The van der Waals surface area contributed by atoms with Crippen LogP contribution in [0.3, 0.4) is 0 Å². The number of nitriles is 1. The van der Waals surface area contributed by atoms with Gasteiger partial charge in [-0.05, 0) is 29.8 Å². The third-order valence-corrected chi connectivity index (χ3v) is 4.50. The van der Waals surface area contributed by atoms with E-state index in [0.717, 1.165) is 15.3 Å². The van der Waals surface area contributed by atoms with Gasteiger partial charge < -0.3 is 4.74 Å². The largest absolute Gasteiger partial charge is 0.482 e. The molecule has 128 valence electrons. The van der Waals surface area contributed by atoms with Crippen LogP contribution in [0.15, 0.2) is 71.8 Å². The third-order valence-electron chi connectivity index (χ3n) is 3.43. The molecule has 0 saturated carbocycles. The van der Waals surface area contributed by atoms with Crippen molar-refractivity contribution in [3.8, 4) is 22.3 Å². The van der Waals surface area contributed by atoms with Gasteiger partial charge in [0.1, 0.15) is 11.8 Å². The molecule has 3 aromatic rings. The summed E-state index contributed by atoms with van der Waals surface area (Å²) < 4.78 is 5.35. The second-order valence-electron chi connectivity index (χ2n) is 5.26. The van der Waals surface area contributed by atoms with E-state index in [1.54, 1.807) is 41.8 Å². The van der Waals surface area contributed by atoms with E-state index in [9.17, 15) is 4.79 Å². The number of carbonyl (C=O) groups is 1. The number of nitrogens with one attached hydrogen (secondary N) is 1. The Bertz CT molecular complexity index is 958. The molecule has 3 rings (SSSR count). The van der Waals surface area contributed by atoms with Gasteiger partial charge >= 0.3 is 0 Å². The summed E-state index contributed by atoms with van der Waals surface area (Å²) >= 11 is 1.58. The normalized spacial score (nSPS) is 10.4. The smallest absolute Gasteiger partial charge is 0.277 e. The van der Waals surface area contributed by atoms with Gasteiger partial charge in [0.15, 0.2) is 6.61 Å². The molecule has 0 spiro atoms. The van der Waals surface area contributed by atoms with E-state index in [1.165, 1.54) is 0 Å². The summed E-state index contributed by atoms with van der Waals surface area (Å²) in [6.45, 7) is -0.213. The zero-order chi connectivity index (χ0) is 18.2. The van der Waals surface area contributed by atoms with Gasteiger partial charge in [0.2, 0.25) is 0 Å². The van der Waals surface area contributed by atoms with Gasteiger partial charge in [-0.15, -0.1) is 11.3 Å². The van der Waals surface area contributed by atoms with Crippen LogP contribution in [-0.4, -0.2) is 18.7 Å². The molecule has 2 aromatic carbocycles. The maximum absolute atomic E-state index is 11.8. The Morgan fingerprint density at radius 3 is 2.69 bits per heavy atom. The molecule has 1 aromatic heterocycles. The van der Waals surface area contributed by atoms with Gasteiger partial charge in [0.25, 0.3) is 5.91 Å². The lowest BCUT2D eigenvalue weighted by Crippen LogP contribution is -2.24. The Morgan fingerprint density at radius 1 is 1.12 bits per heavy atom. The summed E-state index contributed by atoms with van der Waals surface area (Å²) in [5.41, 5.74) is 3.95. The number of carbonyl (C=O) groups excluding carboxylic acids is 1. The van der Waals surface area contributed by atoms with E-state index in [4.69, 9.17) is 10.00 Å². The fraction of sp³-hybridized carbons (Fsp3) is 0.0500. The van der Waals surface area contributed by atoms with Gasteiger partial charge in [0, 0.05) is 9.75 Å². The minimum absolute atomic E-state index is 0.213. The summed E-state index contributed by atoms with van der Waals surface area (Å²) in [7, 11) is 0. The lowest BCUT2D eigenvalue weighted by Gasteiger charge is -2.05. The first-order valence-corrected chi connectivity index (χ1v) is 8.67. The molecule has 0 aliphatic carbocycles. The van der Waals surface area contributed by atoms with Gasteiger partial charge in [0.05, 0.1) is 11.8 Å². The van der Waals surface area contributed by atoms with Gasteiger partial charge in [-0.2, -0.15) is 10.4 Å². The van der Waals surface area contributed by atoms with Crippen molar-refractivity contribution in [2.45, 2.75) is 0 Å². The molecule has 1 amide bonds. The second-order valence-corrected chi connectivity index (χ2v) is 6.37. The van der Waals surface area contributed by atoms with Crippen molar-refractivity contribution in [2.75, 3.05) is 6.61 Å². The Kier molecular flexibility index (Phi) is 5.76. The van der Waals surface area contributed by atoms with Crippen LogP contribution >= 0.6 is 11.3 Å². The highest BCUT2D eigenvalue weighted by atomic mass is 32.1. The average molecular weight is 361 g/mol. The molecular formula is C20H15N3O2S. The van der Waals surface area contributed by atoms with Crippen LogP contribution in [0, 0.1) is 11.3 Å². The zero-order valence-electron chi connectivity index (χ0n) is 13.8. The van der Waals surface area contributed by atoms with Crippen molar-refractivity contribution < 1.29 is 9.53 Å². The van der Waals surface area contributed by atoms with Gasteiger partial charge in [-0.1, -0.05) is 42.5 Å². The van der Waals surface area contributed by atoms with Crippen LogP contribution in [0.5, 0.6) is 5.75 Å². The zero-order valence-corrected chi connectivity index (χ0v) is 14.6. The highest BCUT2D eigenvalue weighted by Gasteiger charge is 2.05. The summed E-state index contributed by atoms with van der Waals surface area (Å²) in [4.78, 5) is 13.9. The quantitative estimate of drug-likeness (QED) is 0.536. The van der Waals surface area contributed by atoms with Gasteiger partial charge in [-0.3, -0.25) is 4.79 Å². The average Bonchev–Trinajstić information content (AvgIpc) is 3.16. The van der Waals surface area contributed by atoms with E-state index >= 15 is 0 Å². The van der Waals surface area contributed by atoms with Crippen molar-refractivity contribution in [1.29, 1.82) is 5.26 Å². The molecule has 0 unspecified atom stereocenters. The maximum atomic E-state index is 11.8. The number of thiophene rings is 1. The topological polar surface area (TPSA) is 74.5 Å². The van der Waals surface area contributed by atoms with Crippen molar-refractivity contribution >= 4 is 23.5 Å². The first kappa shape index (κ1) is 17.4. The summed E-state index contributed by atoms with van der Waals surface area (Å²) in [6.07, 6.45) is 1.60. The third kappa shape index (κ3) is 4.56. The number of hydrogen-bond donors (Lipinski definition) is 1. The number of ether oxygens (including phenoxy) is 1. The number of nitrogens with zero attached hydrogens (tertiary/aromatic N) is 2. The Hall–Kier alpha value is -3.43. The van der Waals surface area contributed by atoms with Crippen LogP contribution in [-0.2, 0) is 4.79 Å². The van der Waals surface area contributed by atoms with E-state index in [0.29, 0.717) is 11.3 Å². The molecule has 0 aliphatic heterocycles. The molecule has 0 saturated heterocycles. The van der Waals surface area contributed by atoms with Crippen molar-refractivity contribution in [2.24, 2.45) is 5.10 Å². The molecule has 0 atom stereocenters. The van der Waals surface area contributed by atoms with Gasteiger partial charge in [-0.25, -0.2) is 5.43 Å². The standard InChI is InChI=1S/C20H15N3O2S/c21-12-16-8-4-5-9-18(16)25-14-20(24)23-22-13-17-10-11-19(26-17)15-6-2-1-3-7-15/h1-11,13H,14H2,(H,23,24)/b22-13-. The molecule has 1 N–H and O–H groups in total.